The maximum absolute atomic E-state index is 12.5. The van der Waals surface area contributed by atoms with Crippen LogP contribution in [0, 0.1) is 0 Å². The molecule has 1 aromatic heterocycles. The number of hydrogen-bond acceptors (Lipinski definition) is 4. The summed E-state index contributed by atoms with van der Waals surface area (Å²) in [5.74, 6) is -0.201. The number of piperidine rings is 1. The van der Waals surface area contributed by atoms with Crippen LogP contribution in [0.25, 0.3) is 11.3 Å². The monoisotopic (exact) mass is 372 g/mol. The molecular weight excluding hydrogens is 354 g/mol. The van der Waals surface area contributed by atoms with E-state index in [1.165, 1.54) is 18.3 Å². The molecule has 1 aliphatic rings. The van der Waals surface area contributed by atoms with Crippen molar-refractivity contribution in [2.75, 3.05) is 13.1 Å². The molecule has 0 spiro atoms. The van der Waals surface area contributed by atoms with Crippen molar-refractivity contribution in [2.45, 2.75) is 25.5 Å². The van der Waals surface area contributed by atoms with Gasteiger partial charge in [-0.15, -0.1) is 12.4 Å². The Balaban J connectivity index is 0.00000225. The smallest absolute Gasteiger partial charge is 0.387 e. The molecule has 136 valence electrons. The van der Waals surface area contributed by atoms with Gasteiger partial charge in [0.2, 0.25) is 0 Å². The van der Waals surface area contributed by atoms with Gasteiger partial charge in [0, 0.05) is 11.6 Å². The number of aromatic nitrogens is 2. The summed E-state index contributed by atoms with van der Waals surface area (Å²) < 4.78 is 29.1. The molecule has 0 saturated carbocycles. The van der Waals surface area contributed by atoms with Crippen LogP contribution in [-0.4, -0.2) is 41.8 Å². The quantitative estimate of drug-likeness (QED) is 0.753. The summed E-state index contributed by atoms with van der Waals surface area (Å²) in [6.45, 7) is -1.16. The fourth-order valence-corrected chi connectivity index (χ4v) is 2.74. The molecule has 3 N–H and O–H groups in total. The van der Waals surface area contributed by atoms with Gasteiger partial charge < -0.3 is 15.4 Å². The van der Waals surface area contributed by atoms with Gasteiger partial charge in [-0.3, -0.25) is 9.89 Å². The fraction of sp³-hybridized carbons (Fsp3) is 0.375. The van der Waals surface area contributed by atoms with Gasteiger partial charge in [-0.1, -0.05) is 12.1 Å². The Labute approximate surface area is 149 Å². The number of benzene rings is 1. The Morgan fingerprint density at radius 2 is 2.08 bits per heavy atom. The van der Waals surface area contributed by atoms with Crippen LogP contribution in [0.15, 0.2) is 30.5 Å². The predicted octanol–water partition coefficient (Wildman–Crippen LogP) is 2.58. The average Bonchev–Trinajstić information content (AvgIpc) is 3.05. The molecule has 1 aromatic carbocycles. The first kappa shape index (κ1) is 19.1. The number of nitrogens with zero attached hydrogens (tertiary/aromatic N) is 1. The van der Waals surface area contributed by atoms with Gasteiger partial charge >= 0.3 is 6.61 Å². The van der Waals surface area contributed by atoms with E-state index in [1.807, 2.05) is 0 Å². The van der Waals surface area contributed by atoms with E-state index in [0.29, 0.717) is 16.8 Å². The van der Waals surface area contributed by atoms with Crippen LogP contribution in [0.5, 0.6) is 5.75 Å². The summed E-state index contributed by atoms with van der Waals surface area (Å²) in [6.07, 6.45) is 3.18. The van der Waals surface area contributed by atoms with Gasteiger partial charge in [-0.25, -0.2) is 0 Å². The van der Waals surface area contributed by atoms with Crippen molar-refractivity contribution in [3.05, 3.63) is 36.0 Å². The van der Waals surface area contributed by atoms with Gasteiger partial charge in [0.05, 0.1) is 17.5 Å². The molecule has 0 bridgehead atoms. The van der Waals surface area contributed by atoms with E-state index in [4.69, 9.17) is 0 Å². The molecule has 0 atom stereocenters. The first-order valence-electron chi connectivity index (χ1n) is 7.73. The van der Waals surface area contributed by atoms with E-state index >= 15 is 0 Å². The number of carbonyl (C=O) groups excluding carboxylic acids is 1. The number of nitrogens with one attached hydrogen (secondary N) is 3. The first-order chi connectivity index (χ1) is 11.6. The number of amides is 1. The average molecular weight is 373 g/mol. The lowest BCUT2D eigenvalue weighted by molar-refractivity contribution is -0.0498. The van der Waals surface area contributed by atoms with Crippen molar-refractivity contribution in [2.24, 2.45) is 0 Å². The number of aromatic amines is 1. The number of rotatable bonds is 5. The summed E-state index contributed by atoms with van der Waals surface area (Å²) in [5, 5.41) is 12.9. The molecule has 9 heteroatoms. The Morgan fingerprint density at radius 3 is 2.80 bits per heavy atom. The van der Waals surface area contributed by atoms with Gasteiger partial charge in [-0.2, -0.15) is 13.9 Å². The van der Waals surface area contributed by atoms with Gasteiger partial charge in [0.1, 0.15) is 5.75 Å². The second-order valence-corrected chi connectivity index (χ2v) is 5.56. The van der Waals surface area contributed by atoms with Crippen LogP contribution in [-0.2, 0) is 0 Å². The van der Waals surface area contributed by atoms with Crippen molar-refractivity contribution >= 4 is 18.3 Å². The summed E-state index contributed by atoms with van der Waals surface area (Å²) in [7, 11) is 0. The van der Waals surface area contributed by atoms with E-state index in [1.54, 1.807) is 12.1 Å². The van der Waals surface area contributed by atoms with E-state index in [2.05, 4.69) is 25.6 Å². The maximum atomic E-state index is 12.5. The zero-order valence-electron chi connectivity index (χ0n) is 13.3. The van der Waals surface area contributed by atoms with Gasteiger partial charge in [0.15, 0.2) is 0 Å². The SMILES string of the molecule is Cl.O=C(NC1CCNCC1)c1cn[nH]c1-c1cccc(OC(F)F)c1. The highest BCUT2D eigenvalue weighted by atomic mass is 35.5. The third-order valence-electron chi connectivity index (χ3n) is 3.91. The zero-order valence-corrected chi connectivity index (χ0v) is 14.1. The minimum atomic E-state index is -2.90. The Hall–Kier alpha value is -2.19. The topological polar surface area (TPSA) is 79.0 Å². The van der Waals surface area contributed by atoms with Crippen molar-refractivity contribution in [3.8, 4) is 17.0 Å². The van der Waals surface area contributed by atoms with Gasteiger partial charge in [0.25, 0.3) is 5.91 Å². The lowest BCUT2D eigenvalue weighted by atomic mass is 10.0. The Kier molecular flexibility index (Phi) is 6.72. The van der Waals surface area contributed by atoms with Crippen LogP contribution >= 0.6 is 12.4 Å². The maximum Gasteiger partial charge on any atom is 0.387 e. The third-order valence-corrected chi connectivity index (χ3v) is 3.91. The largest absolute Gasteiger partial charge is 0.435 e. The summed E-state index contributed by atoms with van der Waals surface area (Å²) in [6, 6.07) is 6.28. The minimum absolute atomic E-state index is 0. The van der Waals surface area contributed by atoms with Crippen LogP contribution in [0.4, 0.5) is 8.78 Å². The molecule has 1 saturated heterocycles. The van der Waals surface area contributed by atoms with Crippen molar-refractivity contribution in [3.63, 3.8) is 0 Å². The molecule has 2 aromatic rings. The second-order valence-electron chi connectivity index (χ2n) is 5.56. The molecule has 0 radical (unpaired) electrons. The molecule has 1 fully saturated rings. The van der Waals surface area contributed by atoms with Gasteiger partial charge in [-0.05, 0) is 38.1 Å². The Morgan fingerprint density at radius 1 is 1.32 bits per heavy atom. The van der Waals surface area contributed by atoms with E-state index in [-0.39, 0.29) is 30.1 Å². The van der Waals surface area contributed by atoms with Crippen LogP contribution in [0.1, 0.15) is 23.2 Å². The van der Waals surface area contributed by atoms with E-state index in [0.717, 1.165) is 25.9 Å². The molecular formula is C16H19ClF2N4O2. The number of H-pyrrole nitrogens is 1. The van der Waals surface area contributed by atoms with Crippen molar-refractivity contribution in [1.82, 2.24) is 20.8 Å². The van der Waals surface area contributed by atoms with Crippen molar-refractivity contribution < 1.29 is 18.3 Å². The van der Waals surface area contributed by atoms with Crippen LogP contribution in [0.2, 0.25) is 0 Å². The molecule has 1 amide bonds. The minimum Gasteiger partial charge on any atom is -0.435 e. The highest BCUT2D eigenvalue weighted by Gasteiger charge is 2.20. The highest BCUT2D eigenvalue weighted by Crippen LogP contribution is 2.26. The normalized spacial score (nSPS) is 14.8. The van der Waals surface area contributed by atoms with E-state index < -0.39 is 6.61 Å². The summed E-state index contributed by atoms with van der Waals surface area (Å²) >= 11 is 0. The molecule has 25 heavy (non-hydrogen) atoms. The lowest BCUT2D eigenvalue weighted by Crippen LogP contribution is -2.42. The number of ether oxygens (including phenoxy) is 1. The third kappa shape index (κ3) is 4.90. The second kappa shape index (κ2) is 8.77. The predicted molar refractivity (Wildman–Crippen MR) is 91.3 cm³/mol. The van der Waals surface area contributed by atoms with Crippen LogP contribution < -0.4 is 15.4 Å². The molecule has 0 unspecified atom stereocenters. The number of halogens is 3. The molecule has 1 aliphatic heterocycles. The first-order valence-corrected chi connectivity index (χ1v) is 7.73. The zero-order chi connectivity index (χ0) is 16.9. The fourth-order valence-electron chi connectivity index (χ4n) is 2.74. The number of hydrogen-bond donors (Lipinski definition) is 3. The summed E-state index contributed by atoms with van der Waals surface area (Å²) in [4.78, 5) is 12.5. The molecule has 3 rings (SSSR count). The number of alkyl halides is 2. The lowest BCUT2D eigenvalue weighted by Gasteiger charge is -2.23. The van der Waals surface area contributed by atoms with E-state index in [9.17, 15) is 13.6 Å². The standard InChI is InChI=1S/C16H18F2N4O2.ClH/c17-16(18)24-12-3-1-2-10(8-12)14-13(9-20-22-14)15(23)21-11-4-6-19-7-5-11;/h1-3,8-9,11,16,19H,4-7H2,(H,20,22)(H,21,23);1H. The molecule has 0 aliphatic carbocycles. The van der Waals surface area contributed by atoms with Crippen molar-refractivity contribution in [1.29, 1.82) is 0 Å². The van der Waals surface area contributed by atoms with Crippen LogP contribution in [0.3, 0.4) is 0 Å². The molecule has 2 heterocycles. The number of carbonyl (C=O) groups is 1. The highest BCUT2D eigenvalue weighted by molar-refractivity contribution is 6.00. The molecule has 6 nitrogen and oxygen atoms in total. The summed E-state index contributed by atoms with van der Waals surface area (Å²) in [5.41, 5.74) is 1.41. The Bertz CT molecular complexity index is 705.